The second-order valence-electron chi connectivity index (χ2n) is 3.59. The number of nitrogens with one attached hydrogen (secondary N) is 1. The second kappa shape index (κ2) is 5.95. The van der Waals surface area contributed by atoms with E-state index in [9.17, 15) is 8.42 Å². The molecular weight excluding hydrogens is 378 g/mol. The highest BCUT2D eigenvalue weighted by Gasteiger charge is 2.21. The zero-order valence-corrected chi connectivity index (χ0v) is 13.7. The van der Waals surface area contributed by atoms with Gasteiger partial charge in [0.25, 0.3) is 10.0 Å². The van der Waals surface area contributed by atoms with Gasteiger partial charge in [0.05, 0.1) is 0 Å². The van der Waals surface area contributed by atoms with Crippen LogP contribution in [0.25, 0.3) is 0 Å². The standard InChI is InChI=1S/C9H13Br2NO2S2/c1-6(10)5-7(2)12-16(13,14)9-8(11)3-4-15-9/h3-4,6-7,12H,5H2,1-2H3. The van der Waals surface area contributed by atoms with Gasteiger partial charge in [-0.15, -0.1) is 11.3 Å². The van der Waals surface area contributed by atoms with E-state index in [2.05, 4.69) is 36.6 Å². The fraction of sp³-hybridized carbons (Fsp3) is 0.556. The van der Waals surface area contributed by atoms with Crippen molar-refractivity contribution in [3.8, 4) is 0 Å². The topological polar surface area (TPSA) is 46.2 Å². The average molecular weight is 391 g/mol. The van der Waals surface area contributed by atoms with Crippen LogP contribution < -0.4 is 4.72 Å². The van der Waals surface area contributed by atoms with Crippen molar-refractivity contribution in [1.82, 2.24) is 4.72 Å². The quantitative estimate of drug-likeness (QED) is 0.783. The molecule has 0 radical (unpaired) electrons. The molecule has 0 bridgehead atoms. The van der Waals surface area contributed by atoms with Crippen LogP contribution in [0.15, 0.2) is 20.1 Å². The maximum absolute atomic E-state index is 12.0. The molecule has 0 amide bonds. The van der Waals surface area contributed by atoms with Gasteiger partial charge in [-0.25, -0.2) is 13.1 Å². The molecule has 7 heteroatoms. The molecule has 16 heavy (non-hydrogen) atoms. The van der Waals surface area contributed by atoms with Crippen molar-refractivity contribution in [1.29, 1.82) is 0 Å². The van der Waals surface area contributed by atoms with Crippen LogP contribution in [0, 0.1) is 0 Å². The van der Waals surface area contributed by atoms with Crippen molar-refractivity contribution < 1.29 is 8.42 Å². The lowest BCUT2D eigenvalue weighted by atomic mass is 10.2. The summed E-state index contributed by atoms with van der Waals surface area (Å²) in [5, 5.41) is 1.75. The number of sulfonamides is 1. The molecule has 0 fully saturated rings. The first-order valence-electron chi connectivity index (χ1n) is 4.72. The van der Waals surface area contributed by atoms with E-state index in [1.807, 2.05) is 13.8 Å². The minimum atomic E-state index is -3.39. The van der Waals surface area contributed by atoms with E-state index in [1.54, 1.807) is 11.4 Å². The molecule has 1 aromatic heterocycles. The van der Waals surface area contributed by atoms with Crippen LogP contribution in [-0.4, -0.2) is 19.3 Å². The summed E-state index contributed by atoms with van der Waals surface area (Å²) in [6.45, 7) is 3.85. The lowest BCUT2D eigenvalue weighted by Crippen LogP contribution is -2.33. The Kier molecular flexibility index (Phi) is 5.44. The van der Waals surface area contributed by atoms with Crippen molar-refractivity contribution in [2.45, 2.75) is 35.3 Å². The van der Waals surface area contributed by atoms with Gasteiger partial charge in [0.15, 0.2) is 0 Å². The van der Waals surface area contributed by atoms with Crippen molar-refractivity contribution in [2.75, 3.05) is 0 Å². The molecular formula is C9H13Br2NO2S2. The van der Waals surface area contributed by atoms with E-state index in [0.29, 0.717) is 8.68 Å². The lowest BCUT2D eigenvalue weighted by Gasteiger charge is -2.14. The molecule has 1 rings (SSSR count). The molecule has 0 aromatic carbocycles. The third-order valence-electron chi connectivity index (χ3n) is 1.86. The Morgan fingerprint density at radius 2 is 2.12 bits per heavy atom. The molecule has 0 aliphatic heterocycles. The minimum Gasteiger partial charge on any atom is -0.208 e. The van der Waals surface area contributed by atoms with Gasteiger partial charge < -0.3 is 0 Å². The summed E-state index contributed by atoms with van der Waals surface area (Å²) in [6.07, 6.45) is 0.752. The molecule has 0 aliphatic rings. The Hall–Kier alpha value is 0.570. The van der Waals surface area contributed by atoms with Crippen LogP contribution in [0.4, 0.5) is 0 Å². The molecule has 92 valence electrons. The predicted octanol–water partition coefficient (Wildman–Crippen LogP) is 3.35. The van der Waals surface area contributed by atoms with Gasteiger partial charge in [-0.1, -0.05) is 22.9 Å². The van der Waals surface area contributed by atoms with Gasteiger partial charge in [-0.05, 0) is 40.7 Å². The number of halogens is 2. The van der Waals surface area contributed by atoms with Gasteiger partial charge >= 0.3 is 0 Å². The molecule has 0 aliphatic carbocycles. The van der Waals surface area contributed by atoms with E-state index in [1.165, 1.54) is 11.3 Å². The Balaban J connectivity index is 2.77. The molecule has 0 saturated carbocycles. The Morgan fingerprint density at radius 1 is 1.50 bits per heavy atom. The van der Waals surface area contributed by atoms with Gasteiger partial charge in [0.2, 0.25) is 0 Å². The third-order valence-corrected chi connectivity index (χ3v) is 6.50. The molecule has 3 nitrogen and oxygen atoms in total. The van der Waals surface area contributed by atoms with E-state index in [0.717, 1.165) is 6.42 Å². The van der Waals surface area contributed by atoms with Crippen LogP contribution in [0.3, 0.4) is 0 Å². The summed E-state index contributed by atoms with van der Waals surface area (Å²) in [5.74, 6) is 0. The van der Waals surface area contributed by atoms with Gasteiger partial charge in [0.1, 0.15) is 4.21 Å². The SMILES string of the molecule is CC(Br)CC(C)NS(=O)(=O)c1sccc1Br. The van der Waals surface area contributed by atoms with Crippen LogP contribution in [-0.2, 0) is 10.0 Å². The number of hydrogen-bond donors (Lipinski definition) is 1. The number of alkyl halides is 1. The van der Waals surface area contributed by atoms with Gasteiger partial charge in [-0.3, -0.25) is 0 Å². The maximum Gasteiger partial charge on any atom is 0.251 e. The van der Waals surface area contributed by atoms with E-state index in [-0.39, 0.29) is 10.9 Å². The first-order chi connectivity index (χ1) is 7.33. The van der Waals surface area contributed by atoms with Crippen LogP contribution in [0.2, 0.25) is 0 Å². The smallest absolute Gasteiger partial charge is 0.208 e. The first-order valence-corrected chi connectivity index (χ1v) is 8.79. The lowest BCUT2D eigenvalue weighted by molar-refractivity contribution is 0.549. The molecule has 0 spiro atoms. The second-order valence-corrected chi connectivity index (χ2v) is 8.84. The first kappa shape index (κ1) is 14.6. The highest BCUT2D eigenvalue weighted by molar-refractivity contribution is 9.10. The molecule has 1 aromatic rings. The highest BCUT2D eigenvalue weighted by Crippen LogP contribution is 2.27. The molecule has 1 N–H and O–H groups in total. The monoisotopic (exact) mass is 389 g/mol. The van der Waals surface area contributed by atoms with Crippen molar-refractivity contribution >= 4 is 53.2 Å². The van der Waals surface area contributed by atoms with Crippen LogP contribution >= 0.6 is 43.2 Å². The third kappa shape index (κ3) is 4.10. The zero-order chi connectivity index (χ0) is 12.3. The van der Waals surface area contributed by atoms with Crippen molar-refractivity contribution in [3.05, 3.63) is 15.9 Å². The van der Waals surface area contributed by atoms with Crippen molar-refractivity contribution in [3.63, 3.8) is 0 Å². The largest absolute Gasteiger partial charge is 0.251 e. The normalized spacial score (nSPS) is 16.0. The van der Waals surface area contributed by atoms with Crippen LogP contribution in [0.5, 0.6) is 0 Å². The van der Waals surface area contributed by atoms with Gasteiger partial charge in [-0.2, -0.15) is 0 Å². The number of rotatable bonds is 5. The number of thiophene rings is 1. The fourth-order valence-corrected chi connectivity index (χ4v) is 5.50. The summed E-state index contributed by atoms with van der Waals surface area (Å²) in [5.41, 5.74) is 0. The summed E-state index contributed by atoms with van der Waals surface area (Å²) in [4.78, 5) is 0.289. The maximum atomic E-state index is 12.0. The van der Waals surface area contributed by atoms with E-state index in [4.69, 9.17) is 0 Å². The minimum absolute atomic E-state index is 0.0895. The highest BCUT2D eigenvalue weighted by atomic mass is 79.9. The molecule has 2 atom stereocenters. The summed E-state index contributed by atoms with van der Waals surface area (Å²) < 4.78 is 27.5. The molecule has 2 unspecified atom stereocenters. The summed E-state index contributed by atoms with van der Waals surface area (Å²) in [6, 6.07) is 1.64. The number of hydrogen-bond acceptors (Lipinski definition) is 3. The average Bonchev–Trinajstić information content (AvgIpc) is 2.48. The van der Waals surface area contributed by atoms with E-state index < -0.39 is 10.0 Å². The Labute approximate surface area is 117 Å². The predicted molar refractivity (Wildman–Crippen MR) is 74.8 cm³/mol. The van der Waals surface area contributed by atoms with Gasteiger partial charge in [0, 0.05) is 15.3 Å². The molecule has 1 heterocycles. The Bertz CT molecular complexity index is 442. The molecule has 0 saturated heterocycles. The summed E-state index contributed by atoms with van der Waals surface area (Å²) in [7, 11) is -3.39. The van der Waals surface area contributed by atoms with Crippen LogP contribution in [0.1, 0.15) is 20.3 Å². The zero-order valence-electron chi connectivity index (χ0n) is 8.91. The van der Waals surface area contributed by atoms with E-state index >= 15 is 0 Å². The summed E-state index contributed by atoms with van der Waals surface area (Å²) >= 11 is 7.84. The Morgan fingerprint density at radius 3 is 2.56 bits per heavy atom. The fourth-order valence-electron chi connectivity index (χ4n) is 1.33. The van der Waals surface area contributed by atoms with Crippen molar-refractivity contribution in [2.24, 2.45) is 0 Å².